The second-order valence-electron chi connectivity index (χ2n) is 9.01. The van der Waals surface area contributed by atoms with E-state index in [-0.39, 0.29) is 11.7 Å². The van der Waals surface area contributed by atoms with Crippen LogP contribution in [0, 0.1) is 0 Å². The van der Waals surface area contributed by atoms with Crippen molar-refractivity contribution in [2.75, 3.05) is 44.7 Å². The van der Waals surface area contributed by atoms with Crippen molar-refractivity contribution in [2.45, 2.75) is 39.0 Å². The van der Waals surface area contributed by atoms with Gasteiger partial charge in [-0.15, -0.1) is 11.3 Å². The third kappa shape index (κ3) is 5.69. The molecular formula is C24H33N5O4S. The quantitative estimate of drug-likeness (QED) is 0.526. The van der Waals surface area contributed by atoms with Crippen molar-refractivity contribution in [1.82, 2.24) is 9.80 Å². The predicted molar refractivity (Wildman–Crippen MR) is 133 cm³/mol. The standard InChI is InChI=1S/C24H33N5O4S/c1-15(2)29-7-6-17(14-29)33-21-16(13-28-8-10-32-11-9-28)4-3-5-18(21)20-12-19(22(25)30)23(34-20)27-24(26)31/h3-5,12,15,17H,6-11,13-14H2,1-2H3,(H2,25,30)(H3,26,27,31). The van der Waals surface area contributed by atoms with E-state index < -0.39 is 11.9 Å². The van der Waals surface area contributed by atoms with E-state index in [9.17, 15) is 9.59 Å². The first kappa shape index (κ1) is 24.5. The van der Waals surface area contributed by atoms with Gasteiger partial charge in [0.2, 0.25) is 0 Å². The van der Waals surface area contributed by atoms with Crippen molar-refractivity contribution in [1.29, 1.82) is 0 Å². The van der Waals surface area contributed by atoms with Crippen molar-refractivity contribution < 1.29 is 19.1 Å². The minimum atomic E-state index is -0.742. The Kier molecular flexibility index (Phi) is 7.72. The van der Waals surface area contributed by atoms with Crippen LogP contribution < -0.4 is 21.5 Å². The topological polar surface area (TPSA) is 123 Å². The average Bonchev–Trinajstić information content (AvgIpc) is 3.43. The van der Waals surface area contributed by atoms with Crippen molar-refractivity contribution in [2.24, 2.45) is 11.5 Å². The van der Waals surface area contributed by atoms with E-state index in [1.807, 2.05) is 12.1 Å². The summed E-state index contributed by atoms with van der Waals surface area (Å²) in [6.07, 6.45) is 1.03. The zero-order valence-electron chi connectivity index (χ0n) is 19.7. The number of amides is 3. The third-order valence-corrected chi connectivity index (χ3v) is 7.37. The number of morpholine rings is 1. The second-order valence-corrected chi connectivity index (χ2v) is 10.1. The van der Waals surface area contributed by atoms with Gasteiger partial charge in [0.15, 0.2) is 0 Å². The van der Waals surface area contributed by atoms with Gasteiger partial charge >= 0.3 is 6.03 Å². The van der Waals surface area contributed by atoms with Gasteiger partial charge in [-0.1, -0.05) is 12.1 Å². The van der Waals surface area contributed by atoms with Crippen LogP contribution in [-0.4, -0.2) is 73.3 Å². The highest BCUT2D eigenvalue weighted by atomic mass is 32.1. The number of urea groups is 1. The summed E-state index contributed by atoms with van der Waals surface area (Å²) in [6.45, 7) is 10.2. The molecule has 2 aromatic rings. The van der Waals surface area contributed by atoms with Crippen molar-refractivity contribution in [3.63, 3.8) is 0 Å². The fraction of sp³-hybridized carbons (Fsp3) is 0.500. The second kappa shape index (κ2) is 10.7. The Labute approximate surface area is 204 Å². The fourth-order valence-electron chi connectivity index (χ4n) is 4.44. The molecule has 3 heterocycles. The molecule has 1 aromatic carbocycles. The number of ether oxygens (including phenoxy) is 2. The van der Waals surface area contributed by atoms with Crippen LogP contribution in [0.1, 0.15) is 36.2 Å². The molecule has 184 valence electrons. The molecule has 0 saturated carbocycles. The molecule has 10 heteroatoms. The summed E-state index contributed by atoms with van der Waals surface area (Å²) in [4.78, 5) is 29.0. The van der Waals surface area contributed by atoms with Crippen molar-refractivity contribution in [3.8, 4) is 16.2 Å². The number of carbonyl (C=O) groups is 2. The lowest BCUT2D eigenvalue weighted by atomic mass is 10.1. The lowest BCUT2D eigenvalue weighted by Crippen LogP contribution is -2.36. The predicted octanol–water partition coefficient (Wildman–Crippen LogP) is 2.70. The monoisotopic (exact) mass is 487 g/mol. The third-order valence-electron chi connectivity index (χ3n) is 6.29. The molecule has 4 rings (SSSR count). The van der Waals surface area contributed by atoms with E-state index in [1.54, 1.807) is 6.07 Å². The van der Waals surface area contributed by atoms with Crippen LogP contribution >= 0.6 is 11.3 Å². The van der Waals surface area contributed by atoms with Crippen LogP contribution in [0.4, 0.5) is 9.80 Å². The first-order valence-electron chi connectivity index (χ1n) is 11.6. The molecule has 0 bridgehead atoms. The van der Waals surface area contributed by atoms with Crippen LogP contribution in [-0.2, 0) is 11.3 Å². The summed E-state index contributed by atoms with van der Waals surface area (Å²) >= 11 is 1.26. The molecule has 0 radical (unpaired) electrons. The molecule has 5 N–H and O–H groups in total. The number of anilines is 1. The smallest absolute Gasteiger partial charge is 0.317 e. The lowest BCUT2D eigenvalue weighted by Gasteiger charge is -2.28. The number of nitrogens with one attached hydrogen (secondary N) is 1. The van der Waals surface area contributed by atoms with Gasteiger partial charge in [-0.3, -0.25) is 19.9 Å². The van der Waals surface area contributed by atoms with E-state index in [4.69, 9.17) is 20.9 Å². The number of thiophene rings is 1. The molecule has 9 nitrogen and oxygen atoms in total. The molecule has 1 unspecified atom stereocenters. The van der Waals surface area contributed by atoms with Crippen LogP contribution in [0.2, 0.25) is 0 Å². The summed E-state index contributed by atoms with van der Waals surface area (Å²) in [5, 5.41) is 2.86. The molecule has 1 atom stereocenters. The first-order valence-corrected chi connectivity index (χ1v) is 12.5. The Balaban J connectivity index is 1.70. The van der Waals surface area contributed by atoms with Crippen molar-refractivity contribution >= 4 is 28.3 Å². The Hall–Kier alpha value is -2.66. The first-order chi connectivity index (χ1) is 16.3. The summed E-state index contributed by atoms with van der Waals surface area (Å²) in [5.41, 5.74) is 13.1. The van der Waals surface area contributed by atoms with Gasteiger partial charge < -0.3 is 20.9 Å². The Morgan fingerprint density at radius 2 is 2.00 bits per heavy atom. The van der Waals surface area contributed by atoms with Crippen LogP contribution in [0.15, 0.2) is 24.3 Å². The maximum absolute atomic E-state index is 12.0. The van der Waals surface area contributed by atoms with Gasteiger partial charge in [0.05, 0.1) is 18.8 Å². The van der Waals surface area contributed by atoms with Gasteiger partial charge in [0, 0.05) is 54.8 Å². The number of carbonyl (C=O) groups excluding carboxylic acids is 2. The number of nitrogens with zero attached hydrogens (tertiary/aromatic N) is 2. The number of likely N-dealkylation sites (tertiary alicyclic amines) is 1. The molecule has 2 aliphatic heterocycles. The normalized spacial score (nSPS) is 19.4. The highest BCUT2D eigenvalue weighted by molar-refractivity contribution is 7.20. The molecule has 0 spiro atoms. The SMILES string of the molecule is CC(C)N1CCC(Oc2c(CN3CCOCC3)cccc2-c2cc(C(N)=O)c(NC(N)=O)s2)C1. The molecule has 0 aliphatic carbocycles. The molecule has 2 aliphatic rings. The van der Waals surface area contributed by atoms with E-state index in [1.165, 1.54) is 11.3 Å². The summed E-state index contributed by atoms with van der Waals surface area (Å²) in [6, 6.07) is 7.50. The number of hydrogen-bond acceptors (Lipinski definition) is 7. The van der Waals surface area contributed by atoms with Gasteiger partial charge in [-0.05, 0) is 32.4 Å². The Morgan fingerprint density at radius 3 is 2.65 bits per heavy atom. The van der Waals surface area contributed by atoms with Gasteiger partial charge in [-0.2, -0.15) is 0 Å². The fourth-order valence-corrected chi connectivity index (χ4v) is 5.53. The Morgan fingerprint density at radius 1 is 1.24 bits per heavy atom. The van der Waals surface area contributed by atoms with Crippen LogP contribution in [0.5, 0.6) is 5.75 Å². The number of para-hydroxylation sites is 1. The number of rotatable bonds is 8. The highest BCUT2D eigenvalue weighted by Crippen LogP contribution is 2.42. The minimum Gasteiger partial charge on any atom is -0.488 e. The lowest BCUT2D eigenvalue weighted by molar-refractivity contribution is 0.0336. The summed E-state index contributed by atoms with van der Waals surface area (Å²) in [5.74, 6) is 0.189. The Bertz CT molecular complexity index is 1030. The zero-order valence-corrected chi connectivity index (χ0v) is 20.5. The molecule has 3 amide bonds. The largest absolute Gasteiger partial charge is 0.488 e. The van der Waals surface area contributed by atoms with Crippen LogP contribution in [0.25, 0.3) is 10.4 Å². The zero-order chi connectivity index (χ0) is 24.2. The highest BCUT2D eigenvalue weighted by Gasteiger charge is 2.28. The minimum absolute atomic E-state index is 0.0748. The summed E-state index contributed by atoms with van der Waals surface area (Å²) < 4.78 is 12.2. The molecule has 34 heavy (non-hydrogen) atoms. The van der Waals surface area contributed by atoms with Gasteiger partial charge in [0.25, 0.3) is 5.91 Å². The van der Waals surface area contributed by atoms with E-state index >= 15 is 0 Å². The molecule has 2 fully saturated rings. The van der Waals surface area contributed by atoms with Crippen LogP contribution in [0.3, 0.4) is 0 Å². The average molecular weight is 488 g/mol. The maximum atomic E-state index is 12.0. The molecular weight excluding hydrogens is 454 g/mol. The maximum Gasteiger partial charge on any atom is 0.317 e. The van der Waals surface area contributed by atoms with E-state index in [2.05, 4.69) is 35.0 Å². The van der Waals surface area contributed by atoms with Gasteiger partial charge in [0.1, 0.15) is 16.9 Å². The molecule has 2 saturated heterocycles. The van der Waals surface area contributed by atoms with E-state index in [0.29, 0.717) is 11.0 Å². The molecule has 1 aromatic heterocycles. The number of hydrogen-bond donors (Lipinski definition) is 3. The van der Waals surface area contributed by atoms with E-state index in [0.717, 1.165) is 74.1 Å². The number of benzene rings is 1. The number of nitrogens with two attached hydrogens (primary N) is 2. The van der Waals surface area contributed by atoms with Crippen molar-refractivity contribution in [3.05, 3.63) is 35.4 Å². The van der Waals surface area contributed by atoms with Gasteiger partial charge in [-0.25, -0.2) is 4.79 Å². The number of primary amides is 2. The summed E-state index contributed by atoms with van der Waals surface area (Å²) in [7, 11) is 0.